The van der Waals surface area contributed by atoms with Crippen molar-refractivity contribution in [3.8, 4) is 0 Å². The molecule has 0 fully saturated rings. The summed E-state index contributed by atoms with van der Waals surface area (Å²) in [5.74, 6) is 1.07. The van der Waals surface area contributed by atoms with Crippen LogP contribution in [0.1, 0.15) is 5.82 Å². The van der Waals surface area contributed by atoms with Crippen molar-refractivity contribution in [3.05, 3.63) is 24.2 Å². The van der Waals surface area contributed by atoms with Gasteiger partial charge in [-0.1, -0.05) is 0 Å². The summed E-state index contributed by atoms with van der Waals surface area (Å²) >= 11 is 0. The second-order valence-corrected chi connectivity index (χ2v) is 7.49. The fourth-order valence-electron chi connectivity index (χ4n) is 2.74. The first-order valence-corrected chi connectivity index (χ1v) is 9.62. The van der Waals surface area contributed by atoms with E-state index in [4.69, 9.17) is 10.5 Å². The molecule has 0 bridgehead atoms. The highest BCUT2D eigenvalue weighted by Crippen LogP contribution is 2.27. The van der Waals surface area contributed by atoms with Gasteiger partial charge in [-0.05, 0) is 12.1 Å². The largest absolute Gasteiger partial charge is 0.384 e. The number of nitrogens with two attached hydrogens (primary N) is 1. The zero-order valence-electron chi connectivity index (χ0n) is 14.1. The molecule has 3 heterocycles. The summed E-state index contributed by atoms with van der Waals surface area (Å²) in [5, 5.41) is 0. The van der Waals surface area contributed by atoms with E-state index in [0.29, 0.717) is 41.9 Å². The summed E-state index contributed by atoms with van der Waals surface area (Å²) in [6.07, 6.45) is 3.38. The second-order valence-electron chi connectivity index (χ2n) is 5.65. The smallest absolute Gasteiger partial charge is 0.208 e. The molecule has 0 aromatic carbocycles. The molecule has 0 aliphatic heterocycles. The minimum atomic E-state index is -3.27. The van der Waals surface area contributed by atoms with Gasteiger partial charge < -0.3 is 15.0 Å². The van der Waals surface area contributed by atoms with E-state index in [1.54, 1.807) is 19.4 Å². The molecule has 0 unspecified atom stereocenters. The van der Waals surface area contributed by atoms with Crippen molar-refractivity contribution in [2.24, 2.45) is 0 Å². The molecule has 3 rings (SSSR count). The summed E-state index contributed by atoms with van der Waals surface area (Å²) in [5.41, 5.74) is 8.75. The molecule has 0 saturated carbocycles. The molecule has 0 atom stereocenters. The lowest BCUT2D eigenvalue weighted by Crippen LogP contribution is -2.26. The van der Waals surface area contributed by atoms with Crippen LogP contribution in [0.3, 0.4) is 0 Å². The number of fused-ring (bicyclic) bond motifs is 3. The predicted molar refractivity (Wildman–Crippen MR) is 95.7 cm³/mol. The van der Waals surface area contributed by atoms with Crippen LogP contribution in [-0.2, 0) is 27.7 Å². The first kappa shape index (κ1) is 17.5. The summed E-state index contributed by atoms with van der Waals surface area (Å²) in [6, 6.07) is 3.62. The van der Waals surface area contributed by atoms with Crippen molar-refractivity contribution in [1.29, 1.82) is 0 Å². The lowest BCUT2D eigenvalue weighted by atomic mass is 10.2. The van der Waals surface area contributed by atoms with E-state index < -0.39 is 10.0 Å². The van der Waals surface area contributed by atoms with Gasteiger partial charge in [-0.15, -0.1) is 0 Å². The minimum Gasteiger partial charge on any atom is -0.384 e. The molecule has 0 aliphatic carbocycles. The minimum absolute atomic E-state index is 0.237. The summed E-state index contributed by atoms with van der Waals surface area (Å²) in [7, 11) is -1.66. The Labute approximate surface area is 145 Å². The summed E-state index contributed by atoms with van der Waals surface area (Å²) in [6.45, 7) is 1.13. The highest BCUT2D eigenvalue weighted by atomic mass is 32.2. The number of methoxy groups -OCH3 is 1. The number of anilines is 1. The van der Waals surface area contributed by atoms with Crippen LogP contribution < -0.4 is 10.5 Å². The lowest BCUT2D eigenvalue weighted by molar-refractivity contribution is 0.199. The van der Waals surface area contributed by atoms with Gasteiger partial charge in [-0.2, -0.15) is 0 Å². The van der Waals surface area contributed by atoms with E-state index in [2.05, 4.69) is 19.7 Å². The standard InChI is InChI=1S/C15H20N6O3S/c1-24-9-5-11-20-13-14(21(11)8-7-18-25(2,22)23)12-10(19-15(13)16)4-3-6-17-12/h3-4,6,18H,5,7-9H2,1-2H3,(H2,16,19). The Bertz CT molecular complexity index is 1010. The van der Waals surface area contributed by atoms with Gasteiger partial charge in [0.2, 0.25) is 10.0 Å². The van der Waals surface area contributed by atoms with Gasteiger partial charge >= 0.3 is 0 Å². The molecule has 0 spiro atoms. The Morgan fingerprint density at radius 2 is 2.12 bits per heavy atom. The van der Waals surface area contributed by atoms with Crippen LogP contribution >= 0.6 is 0 Å². The first-order chi connectivity index (χ1) is 11.9. The van der Waals surface area contributed by atoms with E-state index in [1.165, 1.54) is 0 Å². The average Bonchev–Trinajstić information content (AvgIpc) is 2.91. The van der Waals surface area contributed by atoms with Gasteiger partial charge in [0.25, 0.3) is 0 Å². The number of hydrogen-bond acceptors (Lipinski definition) is 7. The average molecular weight is 364 g/mol. The van der Waals surface area contributed by atoms with Crippen LogP contribution in [-0.4, -0.2) is 54.5 Å². The molecule has 3 aromatic heterocycles. The van der Waals surface area contributed by atoms with Crippen LogP contribution in [0.2, 0.25) is 0 Å². The zero-order chi connectivity index (χ0) is 18.0. The molecule has 25 heavy (non-hydrogen) atoms. The predicted octanol–water partition coefficient (Wildman–Crippen LogP) is 0.300. The number of pyridine rings is 2. The number of hydrogen-bond donors (Lipinski definition) is 2. The van der Waals surface area contributed by atoms with E-state index in [9.17, 15) is 8.42 Å². The number of rotatable bonds is 7. The second kappa shape index (κ2) is 6.90. The van der Waals surface area contributed by atoms with Crippen LogP contribution in [0.15, 0.2) is 18.3 Å². The SMILES string of the molecule is COCCc1nc2c(N)nc3cccnc3c2n1CCNS(C)(=O)=O. The highest BCUT2D eigenvalue weighted by Gasteiger charge is 2.18. The highest BCUT2D eigenvalue weighted by molar-refractivity contribution is 7.88. The van der Waals surface area contributed by atoms with E-state index in [-0.39, 0.29) is 6.54 Å². The molecule has 9 nitrogen and oxygen atoms in total. The third-order valence-electron chi connectivity index (χ3n) is 3.77. The molecule has 134 valence electrons. The quantitative estimate of drug-likeness (QED) is 0.617. The molecular formula is C15H20N6O3S. The molecule has 0 radical (unpaired) electrons. The van der Waals surface area contributed by atoms with Crippen molar-refractivity contribution < 1.29 is 13.2 Å². The maximum absolute atomic E-state index is 11.3. The molecule has 10 heteroatoms. The number of nitrogens with one attached hydrogen (secondary N) is 1. The number of aromatic nitrogens is 4. The van der Waals surface area contributed by atoms with Crippen LogP contribution in [0.25, 0.3) is 22.1 Å². The van der Waals surface area contributed by atoms with Gasteiger partial charge in [0.05, 0.1) is 18.4 Å². The number of nitrogens with zero attached hydrogens (tertiary/aromatic N) is 4. The van der Waals surface area contributed by atoms with Crippen molar-refractivity contribution in [3.63, 3.8) is 0 Å². The number of ether oxygens (including phenoxy) is 1. The topological polar surface area (TPSA) is 125 Å². The van der Waals surface area contributed by atoms with Crippen LogP contribution in [0.4, 0.5) is 5.82 Å². The fourth-order valence-corrected chi connectivity index (χ4v) is 3.20. The van der Waals surface area contributed by atoms with E-state index in [0.717, 1.165) is 17.6 Å². The number of sulfonamides is 1. The van der Waals surface area contributed by atoms with Gasteiger partial charge in [0.1, 0.15) is 22.4 Å². The Balaban J connectivity index is 2.14. The van der Waals surface area contributed by atoms with Gasteiger partial charge in [-0.3, -0.25) is 4.98 Å². The Kier molecular flexibility index (Phi) is 4.84. The van der Waals surface area contributed by atoms with Crippen molar-refractivity contribution in [2.75, 3.05) is 32.3 Å². The first-order valence-electron chi connectivity index (χ1n) is 7.73. The zero-order valence-corrected chi connectivity index (χ0v) is 14.9. The lowest BCUT2D eigenvalue weighted by Gasteiger charge is -2.10. The fraction of sp³-hybridized carbons (Fsp3) is 0.400. The van der Waals surface area contributed by atoms with Gasteiger partial charge in [0.15, 0.2) is 5.82 Å². The van der Waals surface area contributed by atoms with E-state index >= 15 is 0 Å². The molecular weight excluding hydrogens is 344 g/mol. The molecule has 3 aromatic rings. The summed E-state index contributed by atoms with van der Waals surface area (Å²) in [4.78, 5) is 13.4. The third-order valence-corrected chi connectivity index (χ3v) is 4.50. The Morgan fingerprint density at radius 3 is 2.84 bits per heavy atom. The van der Waals surface area contributed by atoms with Crippen LogP contribution in [0, 0.1) is 0 Å². The molecule has 0 saturated heterocycles. The maximum atomic E-state index is 11.3. The molecule has 0 aliphatic rings. The van der Waals surface area contributed by atoms with Gasteiger partial charge in [0, 0.05) is 32.8 Å². The molecule has 0 amide bonds. The van der Waals surface area contributed by atoms with Crippen LogP contribution in [0.5, 0.6) is 0 Å². The molecule has 3 N–H and O–H groups in total. The summed E-state index contributed by atoms with van der Waals surface area (Å²) < 4.78 is 32.3. The Morgan fingerprint density at radius 1 is 1.32 bits per heavy atom. The third kappa shape index (κ3) is 3.70. The Hall–Kier alpha value is -2.30. The number of imidazole rings is 1. The van der Waals surface area contributed by atoms with E-state index in [1.807, 2.05) is 10.6 Å². The number of nitrogen functional groups attached to an aromatic ring is 1. The normalized spacial score (nSPS) is 12.2. The maximum Gasteiger partial charge on any atom is 0.208 e. The van der Waals surface area contributed by atoms with Crippen molar-refractivity contribution in [2.45, 2.75) is 13.0 Å². The van der Waals surface area contributed by atoms with Crippen molar-refractivity contribution in [1.82, 2.24) is 24.2 Å². The van der Waals surface area contributed by atoms with Crippen molar-refractivity contribution >= 4 is 37.9 Å². The van der Waals surface area contributed by atoms with Gasteiger partial charge in [-0.25, -0.2) is 23.1 Å². The monoisotopic (exact) mass is 364 g/mol.